The highest BCUT2D eigenvalue weighted by molar-refractivity contribution is 7.87. The van der Waals surface area contributed by atoms with Crippen molar-refractivity contribution in [2.75, 3.05) is 13.1 Å². The fourth-order valence-electron chi connectivity index (χ4n) is 2.01. The van der Waals surface area contributed by atoms with Gasteiger partial charge in [0.1, 0.15) is 0 Å². The summed E-state index contributed by atoms with van der Waals surface area (Å²) in [4.78, 5) is 10.9. The summed E-state index contributed by atoms with van der Waals surface area (Å²) in [6, 6.07) is 1.67. The lowest BCUT2D eigenvalue weighted by molar-refractivity contribution is -0.142. The van der Waals surface area contributed by atoms with Gasteiger partial charge in [0, 0.05) is 19.3 Å². The molecule has 3 N–H and O–H groups in total. The molecule has 1 aromatic rings. The molecule has 0 aromatic carbocycles. The number of H-pyrrole nitrogens is 1. The quantitative estimate of drug-likeness (QED) is 0.678. The van der Waals surface area contributed by atoms with E-state index in [2.05, 4.69) is 14.9 Å². The molecule has 2 rings (SSSR count). The summed E-state index contributed by atoms with van der Waals surface area (Å²) in [5.41, 5.74) is 0.648. The second-order valence-electron chi connectivity index (χ2n) is 4.44. The van der Waals surface area contributed by atoms with Crippen molar-refractivity contribution in [2.24, 2.45) is 5.92 Å². The summed E-state index contributed by atoms with van der Waals surface area (Å²) < 4.78 is 27.7. The Kier molecular flexibility index (Phi) is 4.17. The number of aliphatic carboxylic acids is 1. The van der Waals surface area contributed by atoms with Gasteiger partial charge >= 0.3 is 5.97 Å². The Bertz CT molecular complexity index is 528. The predicted molar refractivity (Wildman–Crippen MR) is 66.3 cm³/mol. The van der Waals surface area contributed by atoms with E-state index in [1.54, 1.807) is 6.07 Å². The smallest absolute Gasteiger partial charge is 0.307 e. The molecule has 0 saturated carbocycles. The van der Waals surface area contributed by atoms with Gasteiger partial charge in [-0.2, -0.15) is 22.5 Å². The van der Waals surface area contributed by atoms with Crippen LogP contribution in [-0.4, -0.2) is 47.1 Å². The fourth-order valence-corrected chi connectivity index (χ4v) is 3.27. The zero-order valence-corrected chi connectivity index (χ0v) is 11.1. The van der Waals surface area contributed by atoms with Gasteiger partial charge in [-0.25, -0.2) is 0 Å². The van der Waals surface area contributed by atoms with Gasteiger partial charge in [0.05, 0.1) is 18.2 Å². The Hall–Kier alpha value is -1.45. The van der Waals surface area contributed by atoms with Gasteiger partial charge in [0.25, 0.3) is 10.2 Å². The minimum atomic E-state index is -3.65. The second-order valence-corrected chi connectivity index (χ2v) is 6.20. The molecule has 106 valence electrons. The van der Waals surface area contributed by atoms with Gasteiger partial charge in [-0.3, -0.25) is 9.89 Å². The first-order valence-corrected chi connectivity index (χ1v) is 7.39. The number of piperidine rings is 1. The zero-order chi connectivity index (χ0) is 13.9. The summed E-state index contributed by atoms with van der Waals surface area (Å²) in [7, 11) is -3.65. The van der Waals surface area contributed by atoms with Crippen LogP contribution in [0.15, 0.2) is 12.3 Å². The molecule has 0 aliphatic carbocycles. The van der Waals surface area contributed by atoms with Crippen LogP contribution in [0.2, 0.25) is 0 Å². The van der Waals surface area contributed by atoms with Crippen molar-refractivity contribution in [3.63, 3.8) is 0 Å². The van der Waals surface area contributed by atoms with E-state index in [1.165, 1.54) is 10.5 Å². The molecule has 1 aliphatic heterocycles. The molecule has 1 fully saturated rings. The van der Waals surface area contributed by atoms with E-state index in [4.69, 9.17) is 5.11 Å². The van der Waals surface area contributed by atoms with Crippen LogP contribution in [0.1, 0.15) is 18.5 Å². The standard InChI is InChI=1S/C10H16N4O4S/c15-10(16)8-2-1-5-14(7-8)19(17,18)12-6-9-3-4-11-13-9/h3-4,8,12H,1-2,5-7H2,(H,11,13)(H,15,16). The number of rotatable bonds is 5. The van der Waals surface area contributed by atoms with Crippen molar-refractivity contribution in [1.82, 2.24) is 19.2 Å². The largest absolute Gasteiger partial charge is 0.481 e. The van der Waals surface area contributed by atoms with Gasteiger partial charge in [0.2, 0.25) is 0 Å². The molecule has 1 unspecified atom stereocenters. The third-order valence-corrected chi connectivity index (χ3v) is 4.60. The maximum absolute atomic E-state index is 12.0. The van der Waals surface area contributed by atoms with Gasteiger partial charge in [-0.05, 0) is 18.9 Å². The lowest BCUT2D eigenvalue weighted by Crippen LogP contribution is -2.47. The molecular formula is C10H16N4O4S. The average molecular weight is 288 g/mol. The molecule has 19 heavy (non-hydrogen) atoms. The maximum Gasteiger partial charge on any atom is 0.307 e. The lowest BCUT2D eigenvalue weighted by atomic mass is 10.0. The van der Waals surface area contributed by atoms with Gasteiger partial charge in [-0.1, -0.05) is 0 Å². The van der Waals surface area contributed by atoms with Crippen LogP contribution in [0.4, 0.5) is 0 Å². The van der Waals surface area contributed by atoms with Crippen LogP contribution in [0.3, 0.4) is 0 Å². The molecule has 0 bridgehead atoms. The van der Waals surface area contributed by atoms with Crippen molar-refractivity contribution in [3.05, 3.63) is 18.0 Å². The van der Waals surface area contributed by atoms with Gasteiger partial charge < -0.3 is 5.11 Å². The number of aromatic amines is 1. The summed E-state index contributed by atoms with van der Waals surface area (Å²) in [5, 5.41) is 15.3. The number of carboxylic acid groups (broad SMARTS) is 1. The lowest BCUT2D eigenvalue weighted by Gasteiger charge is -2.29. The Labute approximate surface area is 111 Å². The molecule has 0 amide bonds. The molecule has 1 aromatic heterocycles. The summed E-state index contributed by atoms with van der Waals surface area (Å²) >= 11 is 0. The highest BCUT2D eigenvalue weighted by Gasteiger charge is 2.31. The third kappa shape index (κ3) is 3.52. The Morgan fingerprint density at radius 3 is 3.05 bits per heavy atom. The van der Waals surface area contributed by atoms with Crippen molar-refractivity contribution < 1.29 is 18.3 Å². The van der Waals surface area contributed by atoms with E-state index in [-0.39, 0.29) is 13.1 Å². The average Bonchev–Trinajstić information content (AvgIpc) is 2.90. The van der Waals surface area contributed by atoms with Crippen LogP contribution < -0.4 is 4.72 Å². The minimum absolute atomic E-state index is 0.0215. The molecule has 1 aliphatic rings. The first-order valence-electron chi connectivity index (χ1n) is 5.95. The number of nitrogens with zero attached hydrogens (tertiary/aromatic N) is 2. The number of carboxylic acids is 1. The first kappa shape index (κ1) is 14.0. The molecule has 2 heterocycles. The number of nitrogens with one attached hydrogen (secondary N) is 2. The van der Waals surface area contributed by atoms with Crippen molar-refractivity contribution in [3.8, 4) is 0 Å². The minimum Gasteiger partial charge on any atom is -0.481 e. The van der Waals surface area contributed by atoms with Crippen molar-refractivity contribution in [2.45, 2.75) is 19.4 Å². The van der Waals surface area contributed by atoms with Crippen molar-refractivity contribution in [1.29, 1.82) is 0 Å². The Morgan fingerprint density at radius 2 is 2.42 bits per heavy atom. The Balaban J connectivity index is 1.96. The SMILES string of the molecule is O=C(O)C1CCCN(S(=O)(=O)NCc2ccn[nH]2)C1. The molecular weight excluding hydrogens is 272 g/mol. The molecule has 8 nitrogen and oxygen atoms in total. The van der Waals surface area contributed by atoms with Gasteiger partial charge in [-0.15, -0.1) is 0 Å². The predicted octanol–water partition coefficient (Wildman–Crippen LogP) is -0.459. The normalized spacial score (nSPS) is 21.4. The van der Waals surface area contributed by atoms with Crippen LogP contribution in [0, 0.1) is 5.92 Å². The number of aromatic nitrogens is 2. The van der Waals surface area contributed by atoms with E-state index < -0.39 is 22.1 Å². The topological polar surface area (TPSA) is 115 Å². The van der Waals surface area contributed by atoms with Crippen LogP contribution in [-0.2, 0) is 21.5 Å². The third-order valence-electron chi connectivity index (χ3n) is 3.08. The molecule has 9 heteroatoms. The van der Waals surface area contributed by atoms with Crippen LogP contribution >= 0.6 is 0 Å². The zero-order valence-electron chi connectivity index (χ0n) is 10.2. The monoisotopic (exact) mass is 288 g/mol. The number of hydrogen-bond donors (Lipinski definition) is 3. The first-order chi connectivity index (χ1) is 8.99. The summed E-state index contributed by atoms with van der Waals surface area (Å²) in [6.45, 7) is 0.478. The second kappa shape index (κ2) is 5.68. The molecule has 1 saturated heterocycles. The maximum atomic E-state index is 12.0. The van der Waals surface area contributed by atoms with Gasteiger partial charge in [0.15, 0.2) is 0 Å². The van der Waals surface area contributed by atoms with E-state index in [9.17, 15) is 13.2 Å². The van der Waals surface area contributed by atoms with Crippen LogP contribution in [0.25, 0.3) is 0 Å². The van der Waals surface area contributed by atoms with Crippen LogP contribution in [0.5, 0.6) is 0 Å². The Morgan fingerprint density at radius 1 is 1.63 bits per heavy atom. The highest BCUT2D eigenvalue weighted by atomic mass is 32.2. The van der Waals surface area contributed by atoms with E-state index in [1.807, 2.05) is 0 Å². The summed E-state index contributed by atoms with van der Waals surface area (Å²) in [5.74, 6) is -1.58. The molecule has 0 spiro atoms. The number of carbonyl (C=O) groups is 1. The van der Waals surface area contributed by atoms with E-state index in [0.717, 1.165) is 0 Å². The van der Waals surface area contributed by atoms with Crippen molar-refractivity contribution >= 4 is 16.2 Å². The van der Waals surface area contributed by atoms with E-state index >= 15 is 0 Å². The highest BCUT2D eigenvalue weighted by Crippen LogP contribution is 2.18. The fraction of sp³-hybridized carbons (Fsp3) is 0.600. The summed E-state index contributed by atoms with van der Waals surface area (Å²) in [6.07, 6.45) is 2.61. The molecule has 1 atom stereocenters. The number of hydrogen-bond acceptors (Lipinski definition) is 4. The van der Waals surface area contributed by atoms with E-state index in [0.29, 0.717) is 25.1 Å². The molecule has 0 radical (unpaired) electrons.